The van der Waals surface area contributed by atoms with E-state index in [-0.39, 0.29) is 0 Å². The zero-order valence-electron chi connectivity index (χ0n) is 19.2. The van der Waals surface area contributed by atoms with Gasteiger partial charge in [0.25, 0.3) is 0 Å². The van der Waals surface area contributed by atoms with Crippen LogP contribution in [0.15, 0.2) is 60.7 Å². The Morgan fingerprint density at radius 1 is 0.812 bits per heavy atom. The Morgan fingerprint density at radius 2 is 1.59 bits per heavy atom. The van der Waals surface area contributed by atoms with Gasteiger partial charge in [-0.15, -0.1) is 0 Å². The van der Waals surface area contributed by atoms with E-state index in [1.807, 2.05) is 14.0 Å². The third-order valence-electron chi connectivity index (χ3n) is 6.14. The summed E-state index contributed by atoms with van der Waals surface area (Å²) in [5, 5.41) is 4.54. The van der Waals surface area contributed by atoms with Gasteiger partial charge in [0.15, 0.2) is 5.82 Å². The highest BCUT2D eigenvalue weighted by Gasteiger charge is 2.17. The van der Waals surface area contributed by atoms with E-state index in [1.165, 1.54) is 22.3 Å². The third kappa shape index (κ3) is 3.30. The fourth-order valence-electron chi connectivity index (χ4n) is 4.41. The largest absolute Gasteiger partial charge is 0.324 e. The summed E-state index contributed by atoms with van der Waals surface area (Å²) in [5.41, 5.74) is 9.20. The quantitative estimate of drug-likeness (QED) is 0.352. The topological polar surface area (TPSA) is 48.5 Å². The van der Waals surface area contributed by atoms with Crippen LogP contribution >= 0.6 is 0 Å². The molecule has 5 aromatic rings. The molecule has 5 heteroatoms. The van der Waals surface area contributed by atoms with Gasteiger partial charge < -0.3 is 4.57 Å². The smallest absolute Gasteiger partial charge is 0.181 e. The predicted octanol–water partition coefficient (Wildman–Crippen LogP) is 6.11. The van der Waals surface area contributed by atoms with Crippen LogP contribution in [0.5, 0.6) is 0 Å². The van der Waals surface area contributed by atoms with Gasteiger partial charge >= 0.3 is 0 Å². The lowest BCUT2D eigenvalue weighted by molar-refractivity contribution is 0.736. The molecule has 0 aliphatic heterocycles. The van der Waals surface area contributed by atoms with Crippen molar-refractivity contribution >= 4 is 11.0 Å². The standard InChI is InChI=1S/C27H27N5/c1-6-32-25-14-12-20(26-28-19(4)31(5)30-26)16-24(25)29-27(32)23-10-8-7-9-22(23)21-13-11-17(2)15-18(21)3/h7-16H,6H2,1-5H3. The molecular formula is C27H27N5. The van der Waals surface area contributed by atoms with Gasteiger partial charge in [0, 0.05) is 24.7 Å². The van der Waals surface area contributed by atoms with Crippen LogP contribution in [0.25, 0.3) is 44.9 Å². The van der Waals surface area contributed by atoms with Crippen molar-refractivity contribution in [1.82, 2.24) is 24.3 Å². The van der Waals surface area contributed by atoms with E-state index in [9.17, 15) is 0 Å². The van der Waals surface area contributed by atoms with Gasteiger partial charge in [-0.25, -0.2) is 9.97 Å². The molecule has 32 heavy (non-hydrogen) atoms. The van der Waals surface area contributed by atoms with Gasteiger partial charge in [-0.1, -0.05) is 48.0 Å². The first kappa shape index (κ1) is 20.2. The molecule has 3 aromatic carbocycles. The summed E-state index contributed by atoms with van der Waals surface area (Å²) in [6.45, 7) is 9.28. The first-order valence-corrected chi connectivity index (χ1v) is 11.0. The molecule has 0 N–H and O–H groups in total. The van der Waals surface area contributed by atoms with Crippen molar-refractivity contribution in [2.24, 2.45) is 7.05 Å². The number of benzene rings is 3. The van der Waals surface area contributed by atoms with Crippen LogP contribution in [-0.2, 0) is 13.6 Å². The molecule has 160 valence electrons. The predicted molar refractivity (Wildman–Crippen MR) is 130 cm³/mol. The highest BCUT2D eigenvalue weighted by atomic mass is 15.3. The zero-order chi connectivity index (χ0) is 22.4. The molecule has 0 aliphatic carbocycles. The van der Waals surface area contributed by atoms with Crippen molar-refractivity contribution in [2.45, 2.75) is 34.2 Å². The normalized spacial score (nSPS) is 11.4. The summed E-state index contributed by atoms with van der Waals surface area (Å²) in [6.07, 6.45) is 0. The molecule has 0 bridgehead atoms. The fourth-order valence-corrected chi connectivity index (χ4v) is 4.41. The first-order chi connectivity index (χ1) is 15.5. The molecule has 0 aliphatic rings. The molecule has 5 rings (SSSR count). The van der Waals surface area contributed by atoms with Crippen molar-refractivity contribution in [1.29, 1.82) is 0 Å². The van der Waals surface area contributed by atoms with E-state index in [4.69, 9.17) is 4.98 Å². The number of imidazole rings is 1. The van der Waals surface area contributed by atoms with Crippen LogP contribution in [0.2, 0.25) is 0 Å². The molecule has 0 spiro atoms. The Balaban J connectivity index is 1.70. The molecule has 0 amide bonds. The summed E-state index contributed by atoms with van der Waals surface area (Å²) in [6, 6.07) is 21.5. The number of hydrogen-bond donors (Lipinski definition) is 0. The maximum Gasteiger partial charge on any atom is 0.181 e. The highest BCUT2D eigenvalue weighted by Crippen LogP contribution is 2.36. The molecule has 0 saturated carbocycles. The summed E-state index contributed by atoms with van der Waals surface area (Å²) in [4.78, 5) is 9.69. The van der Waals surface area contributed by atoms with Crippen molar-refractivity contribution in [3.63, 3.8) is 0 Å². The van der Waals surface area contributed by atoms with Gasteiger partial charge in [0.05, 0.1) is 11.0 Å². The Hall–Kier alpha value is -3.73. The molecule has 0 atom stereocenters. The van der Waals surface area contributed by atoms with E-state index in [0.717, 1.165) is 46.2 Å². The molecule has 0 radical (unpaired) electrons. The number of rotatable bonds is 4. The molecule has 0 fully saturated rings. The minimum absolute atomic E-state index is 0.732. The summed E-state index contributed by atoms with van der Waals surface area (Å²) in [5.74, 6) is 2.61. The van der Waals surface area contributed by atoms with Crippen LogP contribution in [0.4, 0.5) is 0 Å². The third-order valence-corrected chi connectivity index (χ3v) is 6.14. The van der Waals surface area contributed by atoms with E-state index in [1.54, 1.807) is 4.68 Å². The van der Waals surface area contributed by atoms with Gasteiger partial charge in [-0.3, -0.25) is 4.68 Å². The van der Waals surface area contributed by atoms with Crippen LogP contribution in [0.3, 0.4) is 0 Å². The molecule has 5 nitrogen and oxygen atoms in total. The monoisotopic (exact) mass is 421 g/mol. The summed E-state index contributed by atoms with van der Waals surface area (Å²) in [7, 11) is 1.91. The molecular weight excluding hydrogens is 394 g/mol. The van der Waals surface area contributed by atoms with E-state index in [2.05, 4.69) is 96.1 Å². The van der Waals surface area contributed by atoms with Crippen molar-refractivity contribution < 1.29 is 0 Å². The lowest BCUT2D eigenvalue weighted by Crippen LogP contribution is -1.99. The van der Waals surface area contributed by atoms with Gasteiger partial charge in [-0.2, -0.15) is 5.10 Å². The van der Waals surface area contributed by atoms with Gasteiger partial charge in [0.1, 0.15) is 11.6 Å². The van der Waals surface area contributed by atoms with Crippen LogP contribution in [0, 0.1) is 20.8 Å². The van der Waals surface area contributed by atoms with Gasteiger partial charge in [0.2, 0.25) is 0 Å². The van der Waals surface area contributed by atoms with Gasteiger partial charge in [-0.05, 0) is 62.6 Å². The Bertz CT molecular complexity index is 1440. The van der Waals surface area contributed by atoms with Crippen LogP contribution < -0.4 is 0 Å². The molecule has 0 saturated heterocycles. The number of hydrogen-bond acceptors (Lipinski definition) is 3. The van der Waals surface area contributed by atoms with E-state index in [0.29, 0.717) is 0 Å². The lowest BCUT2D eigenvalue weighted by atomic mass is 9.94. The SMILES string of the molecule is CCn1c(-c2ccccc2-c2ccc(C)cc2C)nc2cc(-c3nc(C)n(C)n3)ccc21. The molecule has 2 aromatic heterocycles. The maximum absolute atomic E-state index is 5.10. The van der Waals surface area contributed by atoms with Crippen LogP contribution in [-0.4, -0.2) is 24.3 Å². The molecule has 2 heterocycles. The second kappa shape index (κ2) is 7.75. The zero-order valence-corrected chi connectivity index (χ0v) is 19.2. The summed E-state index contributed by atoms with van der Waals surface area (Å²) < 4.78 is 4.09. The van der Waals surface area contributed by atoms with E-state index < -0.39 is 0 Å². The lowest BCUT2D eigenvalue weighted by Gasteiger charge is -2.14. The minimum atomic E-state index is 0.732. The average molecular weight is 422 g/mol. The van der Waals surface area contributed by atoms with Crippen molar-refractivity contribution in [3.8, 4) is 33.9 Å². The second-order valence-corrected chi connectivity index (χ2v) is 8.35. The highest BCUT2D eigenvalue weighted by molar-refractivity contribution is 5.89. The Labute approximate surface area is 188 Å². The Kier molecular flexibility index (Phi) is 4.89. The average Bonchev–Trinajstić information content (AvgIpc) is 3.32. The van der Waals surface area contributed by atoms with Crippen LogP contribution in [0.1, 0.15) is 23.9 Å². The molecule has 0 unspecified atom stereocenters. The van der Waals surface area contributed by atoms with E-state index >= 15 is 0 Å². The maximum atomic E-state index is 5.10. The van der Waals surface area contributed by atoms with Crippen molar-refractivity contribution in [3.05, 3.63) is 77.6 Å². The summed E-state index contributed by atoms with van der Waals surface area (Å²) >= 11 is 0. The first-order valence-electron chi connectivity index (χ1n) is 11.0. The second-order valence-electron chi connectivity index (χ2n) is 8.35. The number of nitrogens with zero attached hydrogens (tertiary/aromatic N) is 5. The van der Waals surface area contributed by atoms with Crippen molar-refractivity contribution in [2.75, 3.05) is 0 Å². The number of aryl methyl sites for hydroxylation is 5. The number of fused-ring (bicyclic) bond motifs is 1. The Morgan fingerprint density at radius 3 is 2.28 bits per heavy atom. The fraction of sp³-hybridized carbons (Fsp3) is 0.222. The minimum Gasteiger partial charge on any atom is -0.324 e. The number of aromatic nitrogens is 5.